The number of sulfone groups is 1. The lowest BCUT2D eigenvalue weighted by atomic mass is 10.2. The van der Waals surface area contributed by atoms with E-state index < -0.39 is 9.84 Å². The molecule has 0 fully saturated rings. The van der Waals surface area contributed by atoms with Gasteiger partial charge >= 0.3 is 0 Å². The average molecular weight is 422 g/mol. The Hall–Kier alpha value is -3.79. The Morgan fingerprint density at radius 3 is 2.77 bits per heavy atom. The van der Waals surface area contributed by atoms with E-state index in [-0.39, 0.29) is 4.90 Å². The first-order valence-electron chi connectivity index (χ1n) is 8.88. The molecular weight excluding hydrogens is 404 g/mol. The molecule has 0 amide bonds. The van der Waals surface area contributed by atoms with E-state index in [9.17, 15) is 8.42 Å². The van der Waals surface area contributed by atoms with Crippen LogP contribution in [0.4, 0.5) is 5.82 Å². The van der Waals surface area contributed by atoms with E-state index in [2.05, 4.69) is 25.6 Å². The third kappa shape index (κ3) is 3.98. The van der Waals surface area contributed by atoms with E-state index in [0.717, 1.165) is 5.69 Å². The molecule has 0 spiro atoms. The highest BCUT2D eigenvalue weighted by atomic mass is 32.2. The molecule has 0 aliphatic heterocycles. The van der Waals surface area contributed by atoms with Gasteiger partial charge in [0.15, 0.2) is 21.3 Å². The molecule has 30 heavy (non-hydrogen) atoms. The topological polar surface area (TPSA) is 111 Å². The Bertz CT molecular complexity index is 1350. The first-order valence-corrected chi connectivity index (χ1v) is 10.8. The van der Waals surface area contributed by atoms with E-state index in [1.165, 1.54) is 18.8 Å². The monoisotopic (exact) mass is 422 g/mol. The Morgan fingerprint density at radius 2 is 1.97 bits per heavy atom. The zero-order valence-corrected chi connectivity index (χ0v) is 17.0. The summed E-state index contributed by atoms with van der Waals surface area (Å²) in [5, 5.41) is 9.27. The lowest BCUT2D eigenvalue weighted by molar-refractivity contribution is 0.414. The summed E-state index contributed by atoms with van der Waals surface area (Å²) in [6, 6.07) is 14.0. The van der Waals surface area contributed by atoms with Gasteiger partial charge in [0.25, 0.3) is 0 Å². The fourth-order valence-electron chi connectivity index (χ4n) is 2.86. The lowest BCUT2D eigenvalue weighted by Gasteiger charge is -2.06. The normalized spacial score (nSPS) is 11.8. The van der Waals surface area contributed by atoms with E-state index in [1.807, 2.05) is 24.3 Å². The molecular formula is C20H18N6O3S. The number of anilines is 1. The van der Waals surface area contributed by atoms with E-state index >= 15 is 0 Å². The van der Waals surface area contributed by atoms with Gasteiger partial charge in [-0.05, 0) is 29.8 Å². The molecule has 0 bridgehead atoms. The molecule has 0 aliphatic carbocycles. The maximum atomic E-state index is 11.7. The average Bonchev–Trinajstić information content (AvgIpc) is 3.18. The van der Waals surface area contributed by atoms with Crippen LogP contribution in [0.3, 0.4) is 0 Å². The molecule has 0 radical (unpaired) electrons. The van der Waals surface area contributed by atoms with Crippen molar-refractivity contribution < 1.29 is 13.2 Å². The number of benzene rings is 2. The smallest absolute Gasteiger partial charge is 0.175 e. The van der Waals surface area contributed by atoms with E-state index in [0.29, 0.717) is 28.2 Å². The van der Waals surface area contributed by atoms with Crippen molar-refractivity contribution in [2.45, 2.75) is 4.90 Å². The quantitative estimate of drug-likeness (QED) is 0.376. The van der Waals surface area contributed by atoms with Crippen LogP contribution in [-0.4, -0.2) is 47.7 Å². The number of hydrogen-bond donors (Lipinski definition) is 1. The van der Waals surface area contributed by atoms with Crippen molar-refractivity contribution in [3.63, 3.8) is 0 Å². The number of methoxy groups -OCH3 is 1. The highest BCUT2D eigenvalue weighted by Crippen LogP contribution is 2.23. The van der Waals surface area contributed by atoms with Crippen molar-refractivity contribution >= 4 is 32.9 Å². The molecule has 0 unspecified atom stereocenters. The third-order valence-electron chi connectivity index (χ3n) is 4.33. The molecule has 2 heterocycles. The van der Waals surface area contributed by atoms with Crippen LogP contribution < -0.4 is 10.2 Å². The summed E-state index contributed by atoms with van der Waals surface area (Å²) in [4.78, 5) is 8.79. The third-order valence-corrected chi connectivity index (χ3v) is 5.44. The highest BCUT2D eigenvalue weighted by molar-refractivity contribution is 7.90. The summed E-state index contributed by atoms with van der Waals surface area (Å²) in [5.41, 5.74) is 4.92. The number of hydrazone groups is 1. The van der Waals surface area contributed by atoms with Gasteiger partial charge in [0.05, 0.1) is 35.5 Å². The second kappa shape index (κ2) is 7.91. The zero-order chi connectivity index (χ0) is 21.1. The van der Waals surface area contributed by atoms with Gasteiger partial charge in [-0.2, -0.15) is 10.2 Å². The first kappa shape index (κ1) is 19.5. The summed E-state index contributed by atoms with van der Waals surface area (Å²) in [7, 11) is -1.68. The van der Waals surface area contributed by atoms with Crippen LogP contribution in [0.15, 0.2) is 71.1 Å². The molecule has 4 rings (SSSR count). The number of nitrogens with zero attached hydrogens (tertiary/aromatic N) is 5. The molecule has 1 N–H and O–H groups in total. The fraction of sp³-hybridized carbons (Fsp3) is 0.100. The van der Waals surface area contributed by atoms with Gasteiger partial charge in [0, 0.05) is 12.3 Å². The van der Waals surface area contributed by atoms with E-state index in [1.54, 1.807) is 42.3 Å². The summed E-state index contributed by atoms with van der Waals surface area (Å²) < 4.78 is 30.3. The van der Waals surface area contributed by atoms with Crippen molar-refractivity contribution in [1.29, 1.82) is 0 Å². The molecule has 0 saturated heterocycles. The molecule has 10 heteroatoms. The van der Waals surface area contributed by atoms with Gasteiger partial charge < -0.3 is 4.74 Å². The van der Waals surface area contributed by atoms with Crippen molar-refractivity contribution in [1.82, 2.24) is 19.7 Å². The van der Waals surface area contributed by atoms with Crippen LogP contribution in [0.5, 0.6) is 5.75 Å². The van der Waals surface area contributed by atoms with E-state index in [4.69, 9.17) is 4.74 Å². The minimum atomic E-state index is -3.28. The molecule has 152 valence electrons. The van der Waals surface area contributed by atoms with Gasteiger partial charge in [-0.3, -0.25) is 5.43 Å². The predicted molar refractivity (Wildman–Crippen MR) is 114 cm³/mol. The Labute approximate surface area is 173 Å². The number of hydrogen-bond acceptors (Lipinski definition) is 8. The van der Waals surface area contributed by atoms with Gasteiger partial charge in [0.1, 0.15) is 12.1 Å². The predicted octanol–water partition coefficient (Wildman–Crippen LogP) is 2.67. The summed E-state index contributed by atoms with van der Waals surface area (Å²) in [6.45, 7) is 0. The minimum Gasteiger partial charge on any atom is -0.497 e. The molecule has 0 atom stereocenters. The number of rotatable bonds is 6. The van der Waals surface area contributed by atoms with Crippen molar-refractivity contribution in [2.75, 3.05) is 18.8 Å². The summed E-state index contributed by atoms with van der Waals surface area (Å²) in [6.07, 6.45) is 5.76. The first-order chi connectivity index (χ1) is 14.5. The Balaban J connectivity index is 1.62. The molecule has 2 aromatic heterocycles. The maximum absolute atomic E-state index is 11.7. The zero-order valence-electron chi connectivity index (χ0n) is 16.2. The standard InChI is InChI=1S/C20H18N6O3S/c1-29-16-7-4-6-15(10-16)26-20-18(12-24-26)19(21-13-22-20)25-23-11-14-5-3-8-17(9-14)30(2,27)28/h3-13H,1-2H3,(H,21,22,25). The van der Waals surface area contributed by atoms with Gasteiger partial charge in [-0.1, -0.05) is 18.2 Å². The summed E-state index contributed by atoms with van der Waals surface area (Å²) >= 11 is 0. The van der Waals surface area contributed by atoms with Crippen molar-refractivity contribution in [3.05, 3.63) is 66.6 Å². The second-order valence-corrected chi connectivity index (χ2v) is 8.45. The molecule has 2 aromatic carbocycles. The molecule has 0 saturated carbocycles. The Kier molecular flexibility index (Phi) is 5.15. The number of aromatic nitrogens is 4. The largest absolute Gasteiger partial charge is 0.497 e. The Morgan fingerprint density at radius 1 is 1.13 bits per heavy atom. The number of nitrogens with one attached hydrogen (secondary N) is 1. The van der Waals surface area contributed by atoms with Gasteiger partial charge in [-0.15, -0.1) is 0 Å². The highest BCUT2D eigenvalue weighted by Gasteiger charge is 2.11. The lowest BCUT2D eigenvalue weighted by Crippen LogP contribution is -2.00. The van der Waals surface area contributed by atoms with Crippen LogP contribution in [0, 0.1) is 0 Å². The molecule has 0 aliphatic rings. The van der Waals surface area contributed by atoms with Crippen LogP contribution in [0.25, 0.3) is 16.7 Å². The number of ether oxygens (including phenoxy) is 1. The molecule has 9 nitrogen and oxygen atoms in total. The van der Waals surface area contributed by atoms with Gasteiger partial charge in [-0.25, -0.2) is 23.1 Å². The van der Waals surface area contributed by atoms with Crippen LogP contribution in [-0.2, 0) is 9.84 Å². The minimum absolute atomic E-state index is 0.232. The second-order valence-electron chi connectivity index (χ2n) is 6.43. The molecule has 4 aromatic rings. The number of fused-ring (bicyclic) bond motifs is 1. The summed E-state index contributed by atoms with van der Waals surface area (Å²) in [5.74, 6) is 1.19. The maximum Gasteiger partial charge on any atom is 0.175 e. The SMILES string of the molecule is COc1cccc(-n2ncc3c(NN=Cc4cccc(S(C)(=O)=O)c4)ncnc32)c1. The van der Waals surface area contributed by atoms with Crippen molar-refractivity contribution in [3.8, 4) is 11.4 Å². The van der Waals surface area contributed by atoms with Gasteiger partial charge in [0.2, 0.25) is 0 Å². The van der Waals surface area contributed by atoms with Crippen LogP contribution in [0.2, 0.25) is 0 Å². The van der Waals surface area contributed by atoms with Crippen LogP contribution in [0.1, 0.15) is 5.56 Å². The van der Waals surface area contributed by atoms with Crippen molar-refractivity contribution in [2.24, 2.45) is 5.10 Å². The fourth-order valence-corrected chi connectivity index (χ4v) is 3.53. The van der Waals surface area contributed by atoms with Crippen LogP contribution >= 0.6 is 0 Å².